The molecule has 7 rings (SSSR count). The molecule has 6 aromatic rings. The van der Waals surface area contributed by atoms with Gasteiger partial charge in [-0.05, 0) is 36.4 Å². The third-order valence-corrected chi connectivity index (χ3v) is 6.61. The van der Waals surface area contributed by atoms with Crippen LogP contribution in [0.4, 0.5) is 0 Å². The van der Waals surface area contributed by atoms with Gasteiger partial charge >= 0.3 is 0 Å². The Bertz CT molecular complexity index is 1690. The highest BCUT2D eigenvalue weighted by atomic mass is 16.2. The second-order valence-electron chi connectivity index (χ2n) is 8.74. The first-order valence-electron chi connectivity index (χ1n) is 11.4. The Labute approximate surface area is 199 Å². The molecule has 0 saturated carbocycles. The number of aromatic nitrogens is 8. The number of imidazole rings is 1. The van der Waals surface area contributed by atoms with Crippen LogP contribution in [0.5, 0.6) is 0 Å². The number of carbonyl (C=O) groups is 1. The molecule has 0 saturated heterocycles. The summed E-state index contributed by atoms with van der Waals surface area (Å²) in [6, 6.07) is 13.4. The molecule has 0 aromatic carbocycles. The topological polar surface area (TPSA) is 101 Å². The highest BCUT2D eigenvalue weighted by Gasteiger charge is 2.37. The van der Waals surface area contributed by atoms with Crippen molar-refractivity contribution in [1.29, 1.82) is 0 Å². The zero-order valence-electron chi connectivity index (χ0n) is 18.9. The molecule has 0 radical (unpaired) electrons. The smallest absolute Gasteiger partial charge is 0.258 e. The van der Waals surface area contributed by atoms with Crippen LogP contribution in [0.3, 0.4) is 0 Å². The van der Waals surface area contributed by atoms with E-state index < -0.39 is 0 Å². The van der Waals surface area contributed by atoms with Gasteiger partial charge in [0.05, 0.1) is 46.2 Å². The minimum atomic E-state index is -0.389. The van der Waals surface area contributed by atoms with Gasteiger partial charge in [-0.15, -0.1) is 0 Å². The average Bonchev–Trinajstić information content (AvgIpc) is 3.67. The van der Waals surface area contributed by atoms with Crippen LogP contribution in [0.1, 0.15) is 33.5 Å². The molecule has 0 aliphatic carbocycles. The van der Waals surface area contributed by atoms with Gasteiger partial charge < -0.3 is 9.88 Å². The van der Waals surface area contributed by atoms with Crippen molar-refractivity contribution in [2.75, 3.05) is 6.54 Å². The van der Waals surface area contributed by atoms with Crippen molar-refractivity contribution < 1.29 is 4.79 Å². The largest absolute Gasteiger partial charge is 0.348 e. The van der Waals surface area contributed by atoms with Gasteiger partial charge in [0.25, 0.3) is 5.91 Å². The van der Waals surface area contributed by atoms with Gasteiger partial charge in [0.1, 0.15) is 6.04 Å². The van der Waals surface area contributed by atoms with Gasteiger partial charge in [-0.1, -0.05) is 6.07 Å². The fourth-order valence-corrected chi connectivity index (χ4v) is 4.91. The number of aromatic amines is 1. The third-order valence-electron chi connectivity index (χ3n) is 6.61. The number of rotatable bonds is 3. The maximum absolute atomic E-state index is 13.9. The van der Waals surface area contributed by atoms with E-state index >= 15 is 0 Å². The van der Waals surface area contributed by atoms with Crippen molar-refractivity contribution in [3.8, 4) is 11.3 Å². The van der Waals surface area contributed by atoms with Crippen LogP contribution in [0.15, 0.2) is 73.6 Å². The first-order valence-corrected chi connectivity index (χ1v) is 11.4. The zero-order valence-corrected chi connectivity index (χ0v) is 18.9. The molecular formula is C25H21N9O. The maximum atomic E-state index is 13.9. The molecule has 1 amide bonds. The Hall–Kier alpha value is -4.73. The van der Waals surface area contributed by atoms with Crippen molar-refractivity contribution in [1.82, 2.24) is 43.9 Å². The highest BCUT2D eigenvalue weighted by Crippen LogP contribution is 2.35. The van der Waals surface area contributed by atoms with E-state index in [1.54, 1.807) is 21.7 Å². The summed E-state index contributed by atoms with van der Waals surface area (Å²) in [5.41, 5.74) is 6.70. The predicted molar refractivity (Wildman–Crippen MR) is 128 cm³/mol. The van der Waals surface area contributed by atoms with Crippen molar-refractivity contribution in [3.63, 3.8) is 0 Å². The molecular weight excluding hydrogens is 442 g/mol. The van der Waals surface area contributed by atoms with E-state index in [1.165, 1.54) is 0 Å². The molecule has 1 aliphatic heterocycles. The summed E-state index contributed by atoms with van der Waals surface area (Å²) in [7, 11) is 1.88. The van der Waals surface area contributed by atoms with Crippen LogP contribution in [-0.4, -0.2) is 56.3 Å². The molecule has 10 nitrogen and oxygen atoms in total. The summed E-state index contributed by atoms with van der Waals surface area (Å²) in [5, 5.41) is 13.7. The lowest BCUT2D eigenvalue weighted by Crippen LogP contribution is -2.41. The Morgan fingerprint density at radius 2 is 2.03 bits per heavy atom. The van der Waals surface area contributed by atoms with Gasteiger partial charge in [-0.25, -0.2) is 14.0 Å². The van der Waals surface area contributed by atoms with E-state index in [0.29, 0.717) is 18.5 Å². The lowest BCUT2D eigenvalue weighted by Gasteiger charge is -2.33. The first-order chi connectivity index (χ1) is 17.2. The van der Waals surface area contributed by atoms with Crippen molar-refractivity contribution >= 4 is 16.9 Å². The molecule has 35 heavy (non-hydrogen) atoms. The fourth-order valence-electron chi connectivity index (χ4n) is 4.91. The minimum Gasteiger partial charge on any atom is -0.348 e. The molecule has 7 heterocycles. The molecule has 0 bridgehead atoms. The number of aryl methyl sites for hydroxylation is 1. The van der Waals surface area contributed by atoms with Crippen LogP contribution >= 0.6 is 0 Å². The lowest BCUT2D eigenvalue weighted by atomic mass is 9.98. The van der Waals surface area contributed by atoms with Gasteiger partial charge in [-0.3, -0.25) is 9.48 Å². The van der Waals surface area contributed by atoms with Crippen LogP contribution in [0.2, 0.25) is 0 Å². The zero-order chi connectivity index (χ0) is 23.5. The second-order valence-corrected chi connectivity index (χ2v) is 8.74. The number of nitrogens with zero attached hydrogens (tertiary/aromatic N) is 8. The number of amides is 1. The quantitative estimate of drug-likeness (QED) is 0.435. The average molecular weight is 464 g/mol. The highest BCUT2D eigenvalue weighted by molar-refractivity contribution is 6.01. The second kappa shape index (κ2) is 7.39. The van der Waals surface area contributed by atoms with Crippen LogP contribution in [0, 0.1) is 0 Å². The molecule has 0 spiro atoms. The summed E-state index contributed by atoms with van der Waals surface area (Å²) in [5.74, 6) is -0.0960. The standard InChI is InChI=1S/C25H21N9O/c1-31-10-7-19(29-31)16-5-6-22-18(13-28-34(22)14-16)25(35)32-11-8-20-23(27-15-26-20)24(32)21-12-17-4-2-3-9-33(17)30-21/h2-7,9-10,12-15,24H,8,11H2,1H3,(H,26,27). The lowest BCUT2D eigenvalue weighted by molar-refractivity contribution is 0.0689. The van der Waals surface area contributed by atoms with Crippen molar-refractivity contribution in [2.45, 2.75) is 12.5 Å². The number of fused-ring (bicyclic) bond motifs is 3. The van der Waals surface area contributed by atoms with Gasteiger partial charge in [0.15, 0.2) is 0 Å². The molecule has 6 aromatic heterocycles. The maximum Gasteiger partial charge on any atom is 0.258 e. The summed E-state index contributed by atoms with van der Waals surface area (Å²) < 4.78 is 5.32. The molecule has 10 heteroatoms. The Balaban J connectivity index is 1.30. The minimum absolute atomic E-state index is 0.0960. The van der Waals surface area contributed by atoms with Crippen molar-refractivity contribution in [2.24, 2.45) is 7.05 Å². The van der Waals surface area contributed by atoms with Crippen molar-refractivity contribution in [3.05, 3.63) is 96.2 Å². The molecule has 1 aliphatic rings. The van der Waals surface area contributed by atoms with E-state index in [9.17, 15) is 4.79 Å². The predicted octanol–water partition coefficient (Wildman–Crippen LogP) is 2.89. The Kier molecular flexibility index (Phi) is 4.16. The number of H-pyrrole nitrogens is 1. The first kappa shape index (κ1) is 19.7. The number of hydrogen-bond acceptors (Lipinski definition) is 5. The number of carbonyl (C=O) groups excluding carboxylic acids is 1. The van der Waals surface area contributed by atoms with Gasteiger partial charge in [0, 0.05) is 49.9 Å². The van der Waals surface area contributed by atoms with E-state index in [4.69, 9.17) is 5.10 Å². The fraction of sp³-hybridized carbons (Fsp3) is 0.160. The van der Waals surface area contributed by atoms with Gasteiger partial charge in [0.2, 0.25) is 0 Å². The normalized spacial score (nSPS) is 15.7. The molecule has 172 valence electrons. The van der Waals surface area contributed by atoms with E-state index in [-0.39, 0.29) is 11.9 Å². The van der Waals surface area contributed by atoms with Gasteiger partial charge in [-0.2, -0.15) is 15.3 Å². The van der Waals surface area contributed by atoms with E-state index in [0.717, 1.165) is 39.4 Å². The Morgan fingerprint density at radius 3 is 2.89 bits per heavy atom. The summed E-state index contributed by atoms with van der Waals surface area (Å²) >= 11 is 0. The molecule has 0 fully saturated rings. The number of pyridine rings is 2. The Morgan fingerprint density at radius 1 is 1.09 bits per heavy atom. The summed E-state index contributed by atoms with van der Waals surface area (Å²) in [6.45, 7) is 0.552. The number of hydrogen-bond donors (Lipinski definition) is 1. The number of nitrogens with one attached hydrogen (secondary N) is 1. The van der Waals surface area contributed by atoms with Crippen LogP contribution < -0.4 is 0 Å². The molecule has 1 unspecified atom stereocenters. The third kappa shape index (κ3) is 3.07. The SMILES string of the molecule is Cn1ccc(-c2ccc3c(C(=O)N4CCc5[nH]cnc5C4c4cc5ccccn5n4)cnn3c2)n1. The molecule has 1 atom stereocenters. The van der Waals surface area contributed by atoms with E-state index in [2.05, 4.69) is 20.2 Å². The summed E-state index contributed by atoms with van der Waals surface area (Å²) in [4.78, 5) is 23.6. The monoisotopic (exact) mass is 463 g/mol. The molecule has 1 N–H and O–H groups in total. The van der Waals surface area contributed by atoms with Crippen LogP contribution in [-0.2, 0) is 13.5 Å². The van der Waals surface area contributed by atoms with Crippen LogP contribution in [0.25, 0.3) is 22.3 Å². The van der Waals surface area contributed by atoms with E-state index in [1.807, 2.05) is 77.5 Å². The summed E-state index contributed by atoms with van der Waals surface area (Å²) in [6.07, 6.45) is 9.74.